The number of carbonyl (C=O) groups is 1. The standard InChI is InChI=1S/C6H10Br2O6/c7-13-1-3(9)5(11)6(12)4(10)2-14-8/h3,5-6,9,11-12H,1-2H2/t3-,5+,6+/m1/s1. The Morgan fingerprint density at radius 2 is 1.79 bits per heavy atom. The van der Waals surface area contributed by atoms with E-state index in [1.165, 1.54) is 0 Å². The van der Waals surface area contributed by atoms with E-state index in [0.717, 1.165) is 0 Å². The molecule has 0 amide bonds. The zero-order valence-electron chi connectivity index (χ0n) is 6.97. The minimum absolute atomic E-state index is 0.249. The fourth-order valence-electron chi connectivity index (χ4n) is 0.703. The van der Waals surface area contributed by atoms with Crippen molar-refractivity contribution < 1.29 is 27.8 Å². The van der Waals surface area contributed by atoms with Crippen LogP contribution < -0.4 is 0 Å². The second kappa shape index (κ2) is 7.69. The molecule has 84 valence electrons. The van der Waals surface area contributed by atoms with Crippen LogP contribution in [0, 0.1) is 0 Å². The van der Waals surface area contributed by atoms with Gasteiger partial charge in [0, 0.05) is 0 Å². The number of rotatable bonds is 7. The molecule has 0 rings (SSSR count). The summed E-state index contributed by atoms with van der Waals surface area (Å²) < 4.78 is 8.64. The van der Waals surface area contributed by atoms with E-state index < -0.39 is 30.7 Å². The molecule has 0 spiro atoms. The molecule has 8 heteroatoms. The molecule has 0 aromatic carbocycles. The third-order valence-corrected chi connectivity index (χ3v) is 1.97. The Balaban J connectivity index is 4.08. The fourth-order valence-corrected chi connectivity index (χ4v) is 1.20. The Morgan fingerprint density at radius 3 is 2.21 bits per heavy atom. The lowest BCUT2D eigenvalue weighted by Crippen LogP contribution is -2.44. The zero-order valence-corrected chi connectivity index (χ0v) is 10.1. The average Bonchev–Trinajstić information content (AvgIpc) is 2.16. The molecule has 0 aliphatic carbocycles. The van der Waals surface area contributed by atoms with Gasteiger partial charge in [-0.15, -0.1) is 0 Å². The van der Waals surface area contributed by atoms with Crippen LogP contribution in [0.5, 0.6) is 0 Å². The van der Waals surface area contributed by atoms with Crippen molar-refractivity contribution in [2.75, 3.05) is 13.2 Å². The van der Waals surface area contributed by atoms with E-state index in [1.807, 2.05) is 0 Å². The van der Waals surface area contributed by atoms with Gasteiger partial charge >= 0.3 is 0 Å². The molecule has 0 saturated heterocycles. The highest BCUT2D eigenvalue weighted by atomic mass is 79.9. The molecule has 0 bridgehead atoms. The van der Waals surface area contributed by atoms with Crippen LogP contribution in [-0.4, -0.2) is 52.6 Å². The largest absolute Gasteiger partial charge is 0.388 e. The number of hydrogen-bond acceptors (Lipinski definition) is 6. The van der Waals surface area contributed by atoms with Crippen LogP contribution >= 0.6 is 32.5 Å². The Labute approximate surface area is 97.7 Å². The predicted molar refractivity (Wildman–Crippen MR) is 52.8 cm³/mol. The average molecular weight is 338 g/mol. The molecule has 6 nitrogen and oxygen atoms in total. The van der Waals surface area contributed by atoms with Crippen molar-refractivity contribution in [3.8, 4) is 0 Å². The van der Waals surface area contributed by atoms with Crippen LogP contribution in [0.3, 0.4) is 0 Å². The van der Waals surface area contributed by atoms with Crippen molar-refractivity contribution in [1.29, 1.82) is 0 Å². The van der Waals surface area contributed by atoms with E-state index in [1.54, 1.807) is 0 Å². The van der Waals surface area contributed by atoms with Gasteiger partial charge in [0.2, 0.25) is 0 Å². The van der Waals surface area contributed by atoms with E-state index >= 15 is 0 Å². The van der Waals surface area contributed by atoms with Crippen molar-refractivity contribution in [2.45, 2.75) is 18.3 Å². The molecule has 3 N–H and O–H groups in total. The number of hydrogen-bond donors (Lipinski definition) is 3. The van der Waals surface area contributed by atoms with Crippen LogP contribution in [0.25, 0.3) is 0 Å². The first-order valence-corrected chi connectivity index (χ1v) is 4.88. The molecule has 0 fully saturated rings. The van der Waals surface area contributed by atoms with E-state index in [9.17, 15) is 15.0 Å². The van der Waals surface area contributed by atoms with Crippen LogP contribution in [0.1, 0.15) is 0 Å². The molecule has 0 aliphatic heterocycles. The normalized spacial score (nSPS) is 17.5. The number of ketones is 1. The van der Waals surface area contributed by atoms with Gasteiger partial charge in [-0.05, 0) is 0 Å². The summed E-state index contributed by atoms with van der Waals surface area (Å²) in [5.41, 5.74) is 0. The van der Waals surface area contributed by atoms with Gasteiger partial charge in [-0.3, -0.25) is 8.62 Å². The second-order valence-electron chi connectivity index (χ2n) is 2.50. The first kappa shape index (κ1) is 14.4. The van der Waals surface area contributed by atoms with E-state index in [-0.39, 0.29) is 6.61 Å². The highest BCUT2D eigenvalue weighted by molar-refractivity contribution is 9.06. The predicted octanol–water partition coefficient (Wildman–Crippen LogP) is -0.709. The number of carbonyl (C=O) groups excluding carboxylic acids is 1. The van der Waals surface area contributed by atoms with Crippen LogP contribution in [-0.2, 0) is 12.5 Å². The number of Topliss-reactive ketones (excluding diaryl/α,β-unsaturated/α-hetero) is 1. The fraction of sp³-hybridized carbons (Fsp3) is 0.833. The highest BCUT2D eigenvalue weighted by Crippen LogP contribution is 2.04. The van der Waals surface area contributed by atoms with Gasteiger partial charge in [0.05, 0.1) is 39.1 Å². The summed E-state index contributed by atoms with van der Waals surface area (Å²) >= 11 is 5.09. The van der Waals surface area contributed by atoms with Gasteiger partial charge in [-0.2, -0.15) is 0 Å². The third-order valence-electron chi connectivity index (χ3n) is 1.48. The molecule has 0 radical (unpaired) electrons. The quantitative estimate of drug-likeness (QED) is 0.568. The Kier molecular flexibility index (Phi) is 7.92. The molecule has 0 aromatic heterocycles. The van der Waals surface area contributed by atoms with Crippen LogP contribution in [0.4, 0.5) is 0 Å². The van der Waals surface area contributed by atoms with Crippen molar-refractivity contribution in [2.24, 2.45) is 0 Å². The first-order valence-electron chi connectivity index (χ1n) is 3.58. The molecule has 0 aromatic rings. The summed E-state index contributed by atoms with van der Waals surface area (Å²) in [5, 5.41) is 27.5. The smallest absolute Gasteiger partial charge is 0.190 e. The number of aliphatic hydroxyl groups excluding tert-OH is 3. The highest BCUT2D eigenvalue weighted by Gasteiger charge is 2.30. The summed E-state index contributed by atoms with van der Waals surface area (Å²) in [6.07, 6.45) is -4.67. The van der Waals surface area contributed by atoms with E-state index in [2.05, 4.69) is 40.2 Å². The Morgan fingerprint density at radius 1 is 1.21 bits per heavy atom. The van der Waals surface area contributed by atoms with Gasteiger partial charge in [0.25, 0.3) is 0 Å². The second-order valence-corrected chi connectivity index (χ2v) is 3.41. The summed E-state index contributed by atoms with van der Waals surface area (Å²) in [6, 6.07) is 0. The lowest BCUT2D eigenvalue weighted by molar-refractivity contribution is -0.141. The minimum atomic E-state index is -1.70. The van der Waals surface area contributed by atoms with Crippen LogP contribution in [0.2, 0.25) is 0 Å². The lowest BCUT2D eigenvalue weighted by atomic mass is 10.1. The molecule has 14 heavy (non-hydrogen) atoms. The minimum Gasteiger partial charge on any atom is -0.388 e. The van der Waals surface area contributed by atoms with Gasteiger partial charge in [-0.1, -0.05) is 0 Å². The maximum absolute atomic E-state index is 11.0. The van der Waals surface area contributed by atoms with Crippen molar-refractivity contribution >= 4 is 38.3 Å². The SMILES string of the molecule is O=C(COBr)[C@H](O)[C@@H](O)[C@H](O)COBr. The first-order chi connectivity index (χ1) is 6.54. The van der Waals surface area contributed by atoms with Gasteiger partial charge in [0.15, 0.2) is 5.78 Å². The van der Waals surface area contributed by atoms with Crippen molar-refractivity contribution in [3.63, 3.8) is 0 Å². The molecule has 3 atom stereocenters. The van der Waals surface area contributed by atoms with E-state index in [4.69, 9.17) is 5.11 Å². The molecule has 0 saturated carbocycles. The molecular weight excluding hydrogens is 328 g/mol. The Bertz CT molecular complexity index is 178. The summed E-state index contributed by atoms with van der Waals surface area (Å²) in [6.45, 7) is -0.652. The summed E-state index contributed by atoms with van der Waals surface area (Å²) in [4.78, 5) is 11.0. The van der Waals surface area contributed by atoms with Crippen molar-refractivity contribution in [1.82, 2.24) is 0 Å². The Hall–Kier alpha value is 0.430. The zero-order chi connectivity index (χ0) is 11.1. The number of halogens is 2. The maximum atomic E-state index is 11.0. The topological polar surface area (TPSA) is 96.2 Å². The summed E-state index contributed by atoms with van der Waals surface area (Å²) in [7, 11) is 0. The van der Waals surface area contributed by atoms with Crippen molar-refractivity contribution in [3.05, 3.63) is 0 Å². The van der Waals surface area contributed by atoms with Gasteiger partial charge < -0.3 is 19.1 Å². The molecule has 0 aliphatic rings. The van der Waals surface area contributed by atoms with Gasteiger partial charge in [-0.25, -0.2) is 0 Å². The monoisotopic (exact) mass is 336 g/mol. The molecule has 0 unspecified atom stereocenters. The van der Waals surface area contributed by atoms with E-state index in [0.29, 0.717) is 0 Å². The molecule has 0 heterocycles. The lowest BCUT2D eigenvalue weighted by Gasteiger charge is -2.20. The number of aliphatic hydroxyl groups is 3. The van der Waals surface area contributed by atoms with Gasteiger partial charge in [0.1, 0.15) is 24.9 Å². The third kappa shape index (κ3) is 4.78. The maximum Gasteiger partial charge on any atom is 0.190 e. The molecular formula is C6H10Br2O6. The summed E-state index contributed by atoms with van der Waals surface area (Å²) in [5.74, 6) is -0.747. The van der Waals surface area contributed by atoms with Crippen LogP contribution in [0.15, 0.2) is 0 Å².